The number of anilines is 1. The van der Waals surface area contributed by atoms with E-state index in [0.29, 0.717) is 37.8 Å². The molecular weight excluding hydrogens is 323 g/mol. The summed E-state index contributed by atoms with van der Waals surface area (Å²) in [7, 11) is 0. The Kier molecular flexibility index (Phi) is 5.28. The highest BCUT2D eigenvalue weighted by Crippen LogP contribution is 2.33. The van der Waals surface area contributed by atoms with E-state index in [2.05, 4.69) is 4.98 Å². The van der Waals surface area contributed by atoms with Crippen molar-refractivity contribution in [1.82, 2.24) is 4.98 Å². The number of amides is 1. The molecule has 0 N–H and O–H groups in total. The van der Waals surface area contributed by atoms with E-state index in [0.717, 1.165) is 11.1 Å². The molecule has 1 amide bonds. The minimum atomic E-state index is -0.262. The summed E-state index contributed by atoms with van der Waals surface area (Å²) < 4.78 is 24.2. The standard InChI is InChI=1S/C19H21FN2O3/c1-3-24-11-17-12-25-19-18(22(17)13(2)23)9-15(10-21-19)8-14-4-6-16(20)7-5-14/h4-7,9-10,17H,3,8,11-12H2,1-2H3/t17-/m0/s1. The first kappa shape index (κ1) is 17.4. The fraction of sp³-hybridized carbons (Fsp3) is 0.368. The predicted octanol–water partition coefficient (Wildman–Crippen LogP) is 2.96. The van der Waals surface area contributed by atoms with Crippen molar-refractivity contribution in [3.63, 3.8) is 0 Å². The van der Waals surface area contributed by atoms with Crippen LogP contribution in [-0.4, -0.2) is 36.8 Å². The van der Waals surface area contributed by atoms with Crippen LogP contribution in [-0.2, 0) is 16.0 Å². The van der Waals surface area contributed by atoms with E-state index in [-0.39, 0.29) is 17.8 Å². The Bertz CT molecular complexity index is 749. The van der Waals surface area contributed by atoms with Gasteiger partial charge in [0.05, 0.1) is 12.6 Å². The van der Waals surface area contributed by atoms with Gasteiger partial charge in [-0.2, -0.15) is 0 Å². The van der Waals surface area contributed by atoms with E-state index in [1.54, 1.807) is 23.2 Å². The van der Waals surface area contributed by atoms with Crippen molar-refractivity contribution in [2.75, 3.05) is 24.7 Å². The topological polar surface area (TPSA) is 51.7 Å². The maximum atomic E-state index is 13.1. The lowest BCUT2D eigenvalue weighted by Crippen LogP contribution is -2.48. The monoisotopic (exact) mass is 344 g/mol. The summed E-state index contributed by atoms with van der Waals surface area (Å²) in [5.74, 6) is 0.114. The molecule has 0 aliphatic carbocycles. The van der Waals surface area contributed by atoms with Gasteiger partial charge in [0.15, 0.2) is 0 Å². The van der Waals surface area contributed by atoms with Crippen molar-refractivity contribution in [2.24, 2.45) is 0 Å². The number of rotatable bonds is 5. The quantitative estimate of drug-likeness (QED) is 0.837. The van der Waals surface area contributed by atoms with Gasteiger partial charge in [0.1, 0.15) is 18.1 Å². The highest BCUT2D eigenvalue weighted by atomic mass is 19.1. The molecule has 6 heteroatoms. The fourth-order valence-corrected chi connectivity index (χ4v) is 2.95. The van der Waals surface area contributed by atoms with Crippen molar-refractivity contribution >= 4 is 11.6 Å². The predicted molar refractivity (Wildman–Crippen MR) is 92.4 cm³/mol. The number of halogens is 1. The Balaban J connectivity index is 1.87. The zero-order valence-corrected chi connectivity index (χ0v) is 14.4. The van der Waals surface area contributed by atoms with Gasteiger partial charge in [-0.25, -0.2) is 9.37 Å². The van der Waals surface area contributed by atoms with Crippen LogP contribution in [0.2, 0.25) is 0 Å². The molecule has 0 saturated heterocycles. The third-order valence-electron chi connectivity index (χ3n) is 4.10. The molecule has 3 rings (SSSR count). The summed E-state index contributed by atoms with van der Waals surface area (Å²) in [5, 5.41) is 0. The molecule has 1 aliphatic rings. The number of carbonyl (C=O) groups is 1. The molecule has 2 heterocycles. The van der Waals surface area contributed by atoms with Gasteiger partial charge in [-0.15, -0.1) is 0 Å². The van der Waals surface area contributed by atoms with Gasteiger partial charge < -0.3 is 9.47 Å². The van der Waals surface area contributed by atoms with Crippen LogP contribution in [0, 0.1) is 5.82 Å². The molecule has 5 nitrogen and oxygen atoms in total. The zero-order valence-electron chi connectivity index (χ0n) is 14.4. The first-order valence-corrected chi connectivity index (χ1v) is 8.32. The molecule has 2 aromatic rings. The van der Waals surface area contributed by atoms with E-state index in [1.807, 2.05) is 13.0 Å². The summed E-state index contributed by atoms with van der Waals surface area (Å²) in [6.45, 7) is 4.80. The Morgan fingerprint density at radius 1 is 1.36 bits per heavy atom. The second kappa shape index (κ2) is 7.61. The Morgan fingerprint density at radius 2 is 2.12 bits per heavy atom. The number of ether oxygens (including phenoxy) is 2. The molecule has 25 heavy (non-hydrogen) atoms. The molecule has 1 aliphatic heterocycles. The molecule has 0 fully saturated rings. The first-order valence-electron chi connectivity index (χ1n) is 8.32. The molecule has 132 valence electrons. The number of hydrogen-bond donors (Lipinski definition) is 0. The van der Waals surface area contributed by atoms with Crippen LogP contribution in [0.4, 0.5) is 10.1 Å². The van der Waals surface area contributed by atoms with Crippen LogP contribution < -0.4 is 9.64 Å². The highest BCUT2D eigenvalue weighted by molar-refractivity contribution is 5.94. The van der Waals surface area contributed by atoms with E-state index in [4.69, 9.17) is 9.47 Å². The fourth-order valence-electron chi connectivity index (χ4n) is 2.95. The average molecular weight is 344 g/mol. The second-order valence-electron chi connectivity index (χ2n) is 5.98. The van der Waals surface area contributed by atoms with Gasteiger partial charge in [0, 0.05) is 19.7 Å². The van der Waals surface area contributed by atoms with Crippen LogP contribution in [0.1, 0.15) is 25.0 Å². The molecule has 0 bridgehead atoms. The summed E-state index contributed by atoms with van der Waals surface area (Å²) in [5.41, 5.74) is 2.56. The third-order valence-corrected chi connectivity index (χ3v) is 4.10. The number of aromatic nitrogens is 1. The van der Waals surface area contributed by atoms with Crippen molar-refractivity contribution < 1.29 is 18.7 Å². The van der Waals surface area contributed by atoms with Crippen molar-refractivity contribution in [3.8, 4) is 5.88 Å². The van der Waals surface area contributed by atoms with Gasteiger partial charge in [-0.05, 0) is 42.7 Å². The molecule has 0 radical (unpaired) electrons. The summed E-state index contributed by atoms with van der Waals surface area (Å²) in [6, 6.07) is 8.09. The molecule has 1 atom stereocenters. The minimum absolute atomic E-state index is 0.0741. The molecule has 1 aromatic heterocycles. The van der Waals surface area contributed by atoms with Crippen LogP contribution >= 0.6 is 0 Å². The summed E-state index contributed by atoms with van der Waals surface area (Å²) in [6.07, 6.45) is 2.33. The Labute approximate surface area is 146 Å². The van der Waals surface area contributed by atoms with Gasteiger partial charge in [-0.3, -0.25) is 9.69 Å². The number of fused-ring (bicyclic) bond motifs is 1. The highest BCUT2D eigenvalue weighted by Gasteiger charge is 2.31. The maximum absolute atomic E-state index is 13.1. The van der Waals surface area contributed by atoms with Crippen LogP contribution in [0.15, 0.2) is 36.5 Å². The number of hydrogen-bond acceptors (Lipinski definition) is 4. The maximum Gasteiger partial charge on any atom is 0.238 e. The van der Waals surface area contributed by atoms with E-state index in [9.17, 15) is 9.18 Å². The smallest absolute Gasteiger partial charge is 0.238 e. The third kappa shape index (κ3) is 3.96. The summed E-state index contributed by atoms with van der Waals surface area (Å²) in [4.78, 5) is 18.2. The van der Waals surface area contributed by atoms with E-state index < -0.39 is 0 Å². The molecule has 1 aromatic carbocycles. The Hall–Kier alpha value is -2.47. The van der Waals surface area contributed by atoms with Crippen LogP contribution in [0.25, 0.3) is 0 Å². The number of carbonyl (C=O) groups excluding carboxylic acids is 1. The summed E-state index contributed by atoms with van der Waals surface area (Å²) >= 11 is 0. The van der Waals surface area contributed by atoms with Gasteiger partial charge in [0.2, 0.25) is 11.8 Å². The molecule has 0 unspecified atom stereocenters. The van der Waals surface area contributed by atoms with Crippen molar-refractivity contribution in [3.05, 3.63) is 53.5 Å². The number of pyridine rings is 1. The van der Waals surface area contributed by atoms with Crippen LogP contribution in [0.3, 0.4) is 0 Å². The second-order valence-corrected chi connectivity index (χ2v) is 5.98. The average Bonchev–Trinajstić information content (AvgIpc) is 2.61. The van der Waals surface area contributed by atoms with E-state index in [1.165, 1.54) is 19.1 Å². The Morgan fingerprint density at radius 3 is 2.80 bits per heavy atom. The number of benzene rings is 1. The normalized spacial score (nSPS) is 16.3. The van der Waals surface area contributed by atoms with Gasteiger partial charge in [-0.1, -0.05) is 12.1 Å². The lowest BCUT2D eigenvalue weighted by molar-refractivity contribution is -0.117. The molecule has 0 saturated carbocycles. The van der Waals surface area contributed by atoms with Crippen LogP contribution in [0.5, 0.6) is 5.88 Å². The van der Waals surface area contributed by atoms with Crippen molar-refractivity contribution in [2.45, 2.75) is 26.3 Å². The van der Waals surface area contributed by atoms with Gasteiger partial charge in [0.25, 0.3) is 0 Å². The lowest BCUT2D eigenvalue weighted by Gasteiger charge is -2.35. The molecular formula is C19H21FN2O3. The lowest BCUT2D eigenvalue weighted by atomic mass is 10.1. The minimum Gasteiger partial charge on any atom is -0.474 e. The zero-order chi connectivity index (χ0) is 17.8. The van der Waals surface area contributed by atoms with E-state index >= 15 is 0 Å². The first-order chi connectivity index (χ1) is 12.1. The largest absolute Gasteiger partial charge is 0.474 e. The van der Waals surface area contributed by atoms with Gasteiger partial charge >= 0.3 is 0 Å². The molecule has 0 spiro atoms. The van der Waals surface area contributed by atoms with Crippen molar-refractivity contribution in [1.29, 1.82) is 0 Å². The number of nitrogens with zero attached hydrogens (tertiary/aromatic N) is 2. The SMILES string of the molecule is CCOC[C@H]1COc2ncc(Cc3ccc(F)cc3)cc2N1C(C)=O.